The average Bonchev–Trinajstić information content (AvgIpc) is 3.58. The topological polar surface area (TPSA) is 77.2 Å². The Morgan fingerprint density at radius 1 is 0.973 bits per heavy atom. The van der Waals surface area contributed by atoms with Crippen molar-refractivity contribution in [1.29, 1.82) is 0 Å². The minimum atomic E-state index is -0.874. The summed E-state index contributed by atoms with van der Waals surface area (Å²) in [4.78, 5) is 16.8. The highest BCUT2D eigenvalue weighted by atomic mass is 16.4. The molecule has 37 heavy (non-hydrogen) atoms. The second-order valence-corrected chi connectivity index (χ2v) is 10.9. The maximum Gasteiger partial charge on any atom is 0.328 e. The lowest BCUT2D eigenvalue weighted by molar-refractivity contribution is -0.144. The van der Waals surface area contributed by atoms with E-state index >= 15 is 0 Å². The molecule has 0 radical (unpaired) electrons. The SMILES string of the molecule is O=C(O)C(c1ccco1)N1CC(CN2CCC(O)(CCCc3ccccc3)CC2)C(c2ccccc2)C1. The van der Waals surface area contributed by atoms with E-state index in [1.807, 2.05) is 12.1 Å². The van der Waals surface area contributed by atoms with Gasteiger partial charge in [0.05, 0.1) is 11.9 Å². The molecule has 1 aromatic heterocycles. The molecule has 2 aromatic carbocycles. The summed E-state index contributed by atoms with van der Waals surface area (Å²) in [5, 5.41) is 21.3. The molecule has 2 fully saturated rings. The number of benzene rings is 2. The summed E-state index contributed by atoms with van der Waals surface area (Å²) in [6.07, 6.45) is 5.96. The summed E-state index contributed by atoms with van der Waals surface area (Å²) < 4.78 is 5.52. The van der Waals surface area contributed by atoms with E-state index < -0.39 is 17.6 Å². The number of hydrogen-bond donors (Lipinski definition) is 2. The maximum atomic E-state index is 12.2. The predicted molar refractivity (Wildman–Crippen MR) is 143 cm³/mol. The van der Waals surface area contributed by atoms with Gasteiger partial charge in [0.2, 0.25) is 0 Å². The number of aliphatic carboxylic acids is 1. The summed E-state index contributed by atoms with van der Waals surface area (Å²) in [5.74, 6) is 0.174. The monoisotopic (exact) mass is 502 g/mol. The zero-order chi connectivity index (χ0) is 25.7. The second kappa shape index (κ2) is 11.6. The Morgan fingerprint density at radius 2 is 1.68 bits per heavy atom. The van der Waals surface area contributed by atoms with E-state index in [0.717, 1.165) is 51.7 Å². The van der Waals surface area contributed by atoms with E-state index in [9.17, 15) is 15.0 Å². The third-order valence-corrected chi connectivity index (χ3v) is 8.34. The van der Waals surface area contributed by atoms with Gasteiger partial charge in [-0.05, 0) is 61.3 Å². The van der Waals surface area contributed by atoms with E-state index in [1.165, 1.54) is 11.1 Å². The Hall–Kier alpha value is -2.93. The number of nitrogens with zero attached hydrogens (tertiary/aromatic N) is 2. The lowest BCUT2D eigenvalue weighted by Crippen LogP contribution is -2.46. The Labute approximate surface area is 219 Å². The molecule has 3 unspecified atom stereocenters. The van der Waals surface area contributed by atoms with Crippen LogP contribution in [0.5, 0.6) is 0 Å². The first-order chi connectivity index (χ1) is 18.0. The van der Waals surface area contributed by atoms with E-state index in [4.69, 9.17) is 4.42 Å². The van der Waals surface area contributed by atoms with Crippen LogP contribution in [0.3, 0.4) is 0 Å². The first kappa shape index (κ1) is 25.7. The maximum absolute atomic E-state index is 12.2. The van der Waals surface area contributed by atoms with E-state index in [0.29, 0.717) is 24.8 Å². The molecule has 3 aromatic rings. The van der Waals surface area contributed by atoms with Crippen LogP contribution in [0.25, 0.3) is 0 Å². The molecule has 3 atom stereocenters. The fraction of sp³-hybridized carbons (Fsp3) is 0.452. The number of carboxylic acids is 1. The van der Waals surface area contributed by atoms with E-state index in [-0.39, 0.29) is 5.92 Å². The van der Waals surface area contributed by atoms with E-state index in [2.05, 4.69) is 58.3 Å². The molecule has 196 valence electrons. The fourth-order valence-electron chi connectivity index (χ4n) is 6.28. The highest BCUT2D eigenvalue weighted by molar-refractivity contribution is 5.74. The molecule has 0 bridgehead atoms. The highest BCUT2D eigenvalue weighted by Gasteiger charge is 2.42. The molecule has 2 aliphatic heterocycles. The summed E-state index contributed by atoms with van der Waals surface area (Å²) in [5.41, 5.74) is 2.00. The van der Waals surface area contributed by atoms with Crippen LogP contribution in [0.1, 0.15) is 54.5 Å². The van der Waals surface area contributed by atoms with Crippen LogP contribution in [0.2, 0.25) is 0 Å². The number of aliphatic hydroxyl groups is 1. The molecule has 5 rings (SSSR count). The number of piperidine rings is 1. The van der Waals surface area contributed by atoms with Gasteiger partial charge in [-0.25, -0.2) is 0 Å². The lowest BCUT2D eigenvalue weighted by atomic mass is 9.84. The van der Waals surface area contributed by atoms with Crippen molar-refractivity contribution in [2.24, 2.45) is 5.92 Å². The van der Waals surface area contributed by atoms with Crippen molar-refractivity contribution in [3.8, 4) is 0 Å². The number of aryl methyl sites for hydroxylation is 1. The van der Waals surface area contributed by atoms with Gasteiger partial charge in [0.15, 0.2) is 6.04 Å². The quantitative estimate of drug-likeness (QED) is 0.408. The standard InChI is InChI=1S/C31H38N2O4/c34-30(35)29(28-14-8-20-37-28)33-22-26(27(23-33)25-12-5-2-6-13-25)21-32-18-16-31(36,17-19-32)15-7-11-24-9-3-1-4-10-24/h1-6,8-10,12-14,20,26-27,29,36H,7,11,15-19,21-23H2,(H,34,35). The number of rotatable bonds is 10. The van der Waals surface area contributed by atoms with Crippen LogP contribution in [0, 0.1) is 5.92 Å². The molecule has 0 spiro atoms. The van der Waals surface area contributed by atoms with Crippen molar-refractivity contribution >= 4 is 5.97 Å². The fourth-order valence-corrected chi connectivity index (χ4v) is 6.28. The molecule has 0 amide bonds. The van der Waals surface area contributed by atoms with Crippen molar-refractivity contribution < 1.29 is 19.4 Å². The molecule has 6 nitrogen and oxygen atoms in total. The van der Waals surface area contributed by atoms with Gasteiger partial charge in [0.1, 0.15) is 5.76 Å². The summed E-state index contributed by atoms with van der Waals surface area (Å²) in [6, 6.07) is 23.7. The van der Waals surface area contributed by atoms with Crippen LogP contribution in [-0.4, -0.2) is 64.3 Å². The smallest absolute Gasteiger partial charge is 0.328 e. The first-order valence-electron chi connectivity index (χ1n) is 13.5. The summed E-state index contributed by atoms with van der Waals surface area (Å²) >= 11 is 0. The summed E-state index contributed by atoms with van der Waals surface area (Å²) in [6.45, 7) is 4.04. The molecule has 2 aliphatic rings. The molecule has 3 heterocycles. The van der Waals surface area contributed by atoms with Gasteiger partial charge in [0.25, 0.3) is 0 Å². The lowest BCUT2D eigenvalue weighted by Gasteiger charge is -2.40. The second-order valence-electron chi connectivity index (χ2n) is 10.9. The molecule has 2 saturated heterocycles. The first-order valence-corrected chi connectivity index (χ1v) is 13.5. The van der Waals surface area contributed by atoms with Crippen molar-refractivity contribution in [2.75, 3.05) is 32.7 Å². The largest absolute Gasteiger partial charge is 0.480 e. The predicted octanol–water partition coefficient (Wildman–Crippen LogP) is 4.97. The van der Waals surface area contributed by atoms with Gasteiger partial charge in [-0.1, -0.05) is 60.7 Å². The van der Waals surface area contributed by atoms with Gasteiger partial charge >= 0.3 is 5.97 Å². The normalized spacial score (nSPS) is 23.2. The number of likely N-dealkylation sites (tertiary alicyclic amines) is 2. The van der Waals surface area contributed by atoms with Crippen LogP contribution in [0.4, 0.5) is 0 Å². The minimum Gasteiger partial charge on any atom is -0.480 e. The van der Waals surface area contributed by atoms with Gasteiger partial charge < -0.3 is 19.5 Å². The summed E-state index contributed by atoms with van der Waals surface area (Å²) in [7, 11) is 0. The number of carboxylic acid groups (broad SMARTS) is 1. The van der Waals surface area contributed by atoms with E-state index in [1.54, 1.807) is 18.4 Å². The molecule has 0 saturated carbocycles. The van der Waals surface area contributed by atoms with Crippen molar-refractivity contribution in [3.05, 3.63) is 95.9 Å². The van der Waals surface area contributed by atoms with Crippen molar-refractivity contribution in [1.82, 2.24) is 9.80 Å². The van der Waals surface area contributed by atoms with Gasteiger partial charge in [-0.2, -0.15) is 0 Å². The van der Waals surface area contributed by atoms with Crippen LogP contribution >= 0.6 is 0 Å². The van der Waals surface area contributed by atoms with Crippen molar-refractivity contribution in [2.45, 2.75) is 49.7 Å². The third kappa shape index (κ3) is 6.32. The zero-order valence-corrected chi connectivity index (χ0v) is 21.4. The molecule has 2 N–H and O–H groups in total. The van der Waals surface area contributed by atoms with Crippen LogP contribution in [0.15, 0.2) is 83.5 Å². The minimum absolute atomic E-state index is 0.254. The molecular formula is C31H38N2O4. The highest BCUT2D eigenvalue weighted by Crippen LogP contribution is 2.39. The number of hydrogen-bond acceptors (Lipinski definition) is 5. The number of furan rings is 1. The Morgan fingerprint density at radius 3 is 2.32 bits per heavy atom. The number of carbonyl (C=O) groups is 1. The Balaban J connectivity index is 1.21. The Bertz CT molecular complexity index is 1110. The van der Waals surface area contributed by atoms with Gasteiger partial charge in [0, 0.05) is 38.6 Å². The van der Waals surface area contributed by atoms with Gasteiger partial charge in [-0.3, -0.25) is 9.69 Å². The van der Waals surface area contributed by atoms with Crippen LogP contribution in [-0.2, 0) is 11.2 Å². The average molecular weight is 503 g/mol. The zero-order valence-electron chi connectivity index (χ0n) is 21.4. The molecule has 6 heteroatoms. The van der Waals surface area contributed by atoms with Crippen molar-refractivity contribution in [3.63, 3.8) is 0 Å². The van der Waals surface area contributed by atoms with Crippen LogP contribution < -0.4 is 0 Å². The Kier molecular flexibility index (Phi) is 8.08. The molecular weight excluding hydrogens is 464 g/mol. The third-order valence-electron chi connectivity index (χ3n) is 8.34. The molecule has 0 aliphatic carbocycles. The van der Waals surface area contributed by atoms with Gasteiger partial charge in [-0.15, -0.1) is 0 Å².